The Kier molecular flexibility index (Phi) is 4.42. The van der Waals surface area contributed by atoms with E-state index in [0.29, 0.717) is 11.5 Å². The highest BCUT2D eigenvalue weighted by Crippen LogP contribution is 2.25. The van der Waals surface area contributed by atoms with Crippen LogP contribution in [0, 0.1) is 5.92 Å². The fourth-order valence-corrected chi connectivity index (χ4v) is 3.60. The molecule has 0 N–H and O–H groups in total. The van der Waals surface area contributed by atoms with E-state index < -0.39 is 0 Å². The van der Waals surface area contributed by atoms with Crippen molar-refractivity contribution < 1.29 is 4.79 Å². The molecular weight excluding hydrogens is 298 g/mol. The van der Waals surface area contributed by atoms with Gasteiger partial charge in [0, 0.05) is 51.5 Å². The molecule has 1 fully saturated rings. The lowest BCUT2D eigenvalue weighted by molar-refractivity contribution is 0.0765. The Labute approximate surface area is 134 Å². The van der Waals surface area contributed by atoms with Gasteiger partial charge in [0.1, 0.15) is 0 Å². The van der Waals surface area contributed by atoms with E-state index >= 15 is 0 Å². The summed E-state index contributed by atoms with van der Waals surface area (Å²) in [7, 11) is 3.70. The van der Waals surface area contributed by atoms with Crippen LogP contribution in [0.2, 0.25) is 0 Å². The molecule has 6 nitrogen and oxygen atoms in total. The van der Waals surface area contributed by atoms with Gasteiger partial charge in [-0.3, -0.25) is 9.48 Å². The van der Waals surface area contributed by atoms with Gasteiger partial charge in [-0.25, -0.2) is 4.98 Å². The second-order valence-electron chi connectivity index (χ2n) is 5.83. The number of aryl methyl sites for hydroxylation is 1. The highest BCUT2D eigenvalue weighted by molar-refractivity contribution is 7.13. The molecule has 1 amide bonds. The summed E-state index contributed by atoms with van der Waals surface area (Å²) in [5.74, 6) is 0.609. The molecule has 7 heteroatoms. The highest BCUT2D eigenvalue weighted by Gasteiger charge is 2.23. The van der Waals surface area contributed by atoms with E-state index in [9.17, 15) is 4.79 Å². The van der Waals surface area contributed by atoms with Gasteiger partial charge in [0.25, 0.3) is 5.91 Å². The number of carbonyl (C=O) groups excluding carboxylic acids is 1. The fraction of sp³-hybridized carbons (Fsp3) is 0.533. The monoisotopic (exact) mass is 319 g/mol. The van der Waals surface area contributed by atoms with Crippen molar-refractivity contribution in [3.05, 3.63) is 29.5 Å². The topological polar surface area (TPSA) is 54.3 Å². The van der Waals surface area contributed by atoms with E-state index in [1.165, 1.54) is 0 Å². The zero-order valence-electron chi connectivity index (χ0n) is 13.0. The van der Waals surface area contributed by atoms with E-state index in [1.54, 1.807) is 28.4 Å². The third-order valence-corrected chi connectivity index (χ3v) is 4.97. The maximum absolute atomic E-state index is 12.3. The van der Waals surface area contributed by atoms with E-state index in [-0.39, 0.29) is 5.91 Å². The van der Waals surface area contributed by atoms with Crippen LogP contribution in [0.25, 0.3) is 0 Å². The van der Waals surface area contributed by atoms with Crippen molar-refractivity contribution in [1.29, 1.82) is 0 Å². The molecule has 118 valence electrons. The lowest BCUT2D eigenvalue weighted by Gasteiger charge is -2.33. The number of thiazole rings is 1. The molecular formula is C15H21N5OS. The summed E-state index contributed by atoms with van der Waals surface area (Å²) in [6.45, 7) is 2.85. The first-order valence-corrected chi connectivity index (χ1v) is 8.40. The molecule has 1 aliphatic heterocycles. The predicted molar refractivity (Wildman–Crippen MR) is 87.2 cm³/mol. The maximum Gasteiger partial charge on any atom is 0.256 e. The van der Waals surface area contributed by atoms with E-state index in [0.717, 1.165) is 37.6 Å². The average molecular weight is 319 g/mol. The van der Waals surface area contributed by atoms with E-state index in [2.05, 4.69) is 15.0 Å². The molecule has 2 aromatic rings. The largest absolute Gasteiger partial charge is 0.348 e. The summed E-state index contributed by atoms with van der Waals surface area (Å²) in [5.41, 5.74) is 0.658. The van der Waals surface area contributed by atoms with Crippen molar-refractivity contribution in [3.63, 3.8) is 0 Å². The Hall–Kier alpha value is -1.89. The lowest BCUT2D eigenvalue weighted by atomic mass is 9.96. The summed E-state index contributed by atoms with van der Waals surface area (Å²) in [4.78, 5) is 20.9. The molecule has 0 aliphatic carbocycles. The van der Waals surface area contributed by atoms with Gasteiger partial charge in [0.15, 0.2) is 5.13 Å². The number of hydrogen-bond donors (Lipinski definition) is 0. The summed E-state index contributed by atoms with van der Waals surface area (Å²) >= 11 is 1.69. The van der Waals surface area contributed by atoms with Crippen LogP contribution in [0.15, 0.2) is 24.0 Å². The number of hydrogen-bond acceptors (Lipinski definition) is 5. The highest BCUT2D eigenvalue weighted by atomic mass is 32.1. The molecule has 0 unspecified atom stereocenters. The summed E-state index contributed by atoms with van der Waals surface area (Å²) in [6, 6.07) is 0. The predicted octanol–water partition coefficient (Wildman–Crippen LogP) is 1.87. The van der Waals surface area contributed by atoms with Crippen molar-refractivity contribution in [2.45, 2.75) is 12.8 Å². The second-order valence-corrected chi connectivity index (χ2v) is 6.71. The molecule has 0 radical (unpaired) electrons. The summed E-state index contributed by atoms with van der Waals surface area (Å²) < 4.78 is 1.66. The SMILES string of the molecule is CN(CC1CCN(c2nccs2)CC1)C(=O)c1cnn(C)c1. The number of nitrogens with zero attached hydrogens (tertiary/aromatic N) is 5. The molecule has 22 heavy (non-hydrogen) atoms. The van der Waals surface area contributed by atoms with Gasteiger partial charge in [-0.05, 0) is 18.8 Å². The van der Waals surface area contributed by atoms with Crippen molar-refractivity contribution in [3.8, 4) is 0 Å². The first kappa shape index (κ1) is 15.0. The number of anilines is 1. The number of rotatable bonds is 4. The Morgan fingerprint density at radius 3 is 2.82 bits per heavy atom. The van der Waals surface area contributed by atoms with Crippen LogP contribution in [0.5, 0.6) is 0 Å². The molecule has 1 saturated heterocycles. The Bertz CT molecular complexity index is 616. The number of piperidine rings is 1. The van der Waals surface area contributed by atoms with Crippen LogP contribution in [-0.2, 0) is 7.05 Å². The minimum absolute atomic E-state index is 0.0513. The van der Waals surface area contributed by atoms with Crippen molar-refractivity contribution in [2.75, 3.05) is 31.6 Å². The van der Waals surface area contributed by atoms with Crippen LogP contribution in [0.4, 0.5) is 5.13 Å². The minimum atomic E-state index is 0.0513. The quantitative estimate of drug-likeness (QED) is 0.863. The van der Waals surface area contributed by atoms with Gasteiger partial charge in [-0.1, -0.05) is 0 Å². The van der Waals surface area contributed by atoms with Gasteiger partial charge in [-0.2, -0.15) is 5.10 Å². The first-order valence-electron chi connectivity index (χ1n) is 7.52. The molecule has 0 bridgehead atoms. The average Bonchev–Trinajstić information content (AvgIpc) is 3.18. The fourth-order valence-electron chi connectivity index (χ4n) is 2.90. The van der Waals surface area contributed by atoms with Crippen LogP contribution in [0.3, 0.4) is 0 Å². The molecule has 0 spiro atoms. The second kappa shape index (κ2) is 6.48. The van der Waals surface area contributed by atoms with Gasteiger partial charge >= 0.3 is 0 Å². The number of aromatic nitrogens is 3. The first-order chi connectivity index (χ1) is 10.6. The van der Waals surface area contributed by atoms with Gasteiger partial charge in [0.05, 0.1) is 11.8 Å². The van der Waals surface area contributed by atoms with Crippen molar-refractivity contribution >= 4 is 22.4 Å². The zero-order chi connectivity index (χ0) is 15.5. The summed E-state index contributed by atoms with van der Waals surface area (Å²) in [6.07, 6.45) is 7.45. The van der Waals surface area contributed by atoms with Crippen LogP contribution >= 0.6 is 11.3 Å². The summed E-state index contributed by atoms with van der Waals surface area (Å²) in [5, 5.41) is 7.19. The molecule has 0 saturated carbocycles. The van der Waals surface area contributed by atoms with E-state index in [1.807, 2.05) is 30.6 Å². The smallest absolute Gasteiger partial charge is 0.256 e. The number of carbonyl (C=O) groups is 1. The molecule has 2 aromatic heterocycles. The third-order valence-electron chi connectivity index (χ3n) is 4.13. The Morgan fingerprint density at radius 1 is 1.45 bits per heavy atom. The van der Waals surface area contributed by atoms with Crippen molar-refractivity contribution in [2.24, 2.45) is 13.0 Å². The molecule has 0 atom stereocenters. The Morgan fingerprint density at radius 2 is 2.23 bits per heavy atom. The lowest BCUT2D eigenvalue weighted by Crippen LogP contribution is -2.39. The third kappa shape index (κ3) is 3.30. The molecule has 0 aromatic carbocycles. The van der Waals surface area contributed by atoms with E-state index in [4.69, 9.17) is 0 Å². The Balaban J connectivity index is 1.51. The van der Waals surface area contributed by atoms with Crippen LogP contribution in [0.1, 0.15) is 23.2 Å². The standard InChI is InChI=1S/C15H21N5OS/c1-18(14(21)13-9-17-19(2)11-13)10-12-3-6-20(7-4-12)15-16-5-8-22-15/h5,8-9,11-12H,3-4,6-7,10H2,1-2H3. The molecule has 3 heterocycles. The number of amides is 1. The molecule has 1 aliphatic rings. The van der Waals surface area contributed by atoms with Crippen LogP contribution < -0.4 is 4.90 Å². The van der Waals surface area contributed by atoms with Crippen molar-refractivity contribution in [1.82, 2.24) is 19.7 Å². The zero-order valence-corrected chi connectivity index (χ0v) is 13.8. The van der Waals surface area contributed by atoms with Crippen LogP contribution in [-0.4, -0.2) is 52.3 Å². The molecule has 3 rings (SSSR count). The van der Waals surface area contributed by atoms with Gasteiger partial charge in [-0.15, -0.1) is 11.3 Å². The minimum Gasteiger partial charge on any atom is -0.348 e. The maximum atomic E-state index is 12.3. The van der Waals surface area contributed by atoms with Gasteiger partial charge < -0.3 is 9.80 Å². The normalized spacial score (nSPS) is 16.0. The van der Waals surface area contributed by atoms with Gasteiger partial charge in [0.2, 0.25) is 0 Å².